The van der Waals surface area contributed by atoms with Crippen LogP contribution < -0.4 is 10.2 Å². The Balaban J connectivity index is 2.00. The topological polar surface area (TPSA) is 53.9 Å². The molecule has 0 atom stereocenters. The fourth-order valence-electron chi connectivity index (χ4n) is 1.97. The second-order valence-corrected chi connectivity index (χ2v) is 4.91. The van der Waals surface area contributed by atoms with Gasteiger partial charge in [0.15, 0.2) is 0 Å². The van der Waals surface area contributed by atoms with Crippen LogP contribution in [-0.2, 0) is 0 Å². The molecule has 1 aromatic rings. The smallest absolute Gasteiger partial charge is 0.354 e. The summed E-state index contributed by atoms with van der Waals surface area (Å²) in [6.45, 7) is 1.36. The Bertz CT molecular complexity index is 448. The summed E-state index contributed by atoms with van der Waals surface area (Å²) in [4.78, 5) is 13.9. The molecule has 1 N–H and O–H groups in total. The second-order valence-electron chi connectivity index (χ2n) is 4.57. The van der Waals surface area contributed by atoms with E-state index in [0.29, 0.717) is 5.95 Å². The number of anilines is 2. The number of piperidine rings is 1. The van der Waals surface area contributed by atoms with E-state index in [1.165, 1.54) is 0 Å². The van der Waals surface area contributed by atoms with Gasteiger partial charge >= 0.3 is 6.18 Å². The van der Waals surface area contributed by atoms with Gasteiger partial charge in [-0.05, 0) is 30.9 Å². The minimum Gasteiger partial charge on any atom is -0.354 e. The normalized spacial score (nSPS) is 16.3. The van der Waals surface area contributed by atoms with Gasteiger partial charge in [0.05, 0.1) is 6.42 Å². The van der Waals surface area contributed by atoms with Crippen molar-refractivity contribution in [3.05, 3.63) is 5.28 Å². The number of hydrogen-bond acceptors (Lipinski definition) is 5. The van der Waals surface area contributed by atoms with Crippen LogP contribution >= 0.6 is 11.6 Å². The second kappa shape index (κ2) is 6.43. The van der Waals surface area contributed by atoms with E-state index in [-0.39, 0.29) is 17.8 Å². The van der Waals surface area contributed by atoms with Crippen LogP contribution in [0.4, 0.5) is 25.1 Å². The molecular formula is C11H15ClF3N5. The van der Waals surface area contributed by atoms with Gasteiger partial charge in [-0.15, -0.1) is 0 Å². The van der Waals surface area contributed by atoms with E-state index in [1.807, 2.05) is 4.90 Å². The molecular weight excluding hydrogens is 295 g/mol. The monoisotopic (exact) mass is 309 g/mol. The Labute approximate surface area is 119 Å². The average molecular weight is 310 g/mol. The molecule has 0 unspecified atom stereocenters. The molecule has 0 aliphatic carbocycles. The first-order valence-electron chi connectivity index (χ1n) is 6.41. The van der Waals surface area contributed by atoms with E-state index in [2.05, 4.69) is 20.3 Å². The Kier molecular flexibility index (Phi) is 4.85. The third kappa shape index (κ3) is 4.66. The van der Waals surface area contributed by atoms with Crippen LogP contribution in [0.25, 0.3) is 0 Å². The summed E-state index contributed by atoms with van der Waals surface area (Å²) < 4.78 is 36.2. The first kappa shape index (κ1) is 15.1. The zero-order valence-electron chi connectivity index (χ0n) is 10.8. The Hall–Kier alpha value is -1.31. The molecule has 1 aromatic heterocycles. The third-order valence-corrected chi connectivity index (χ3v) is 3.10. The number of alkyl halides is 3. The van der Waals surface area contributed by atoms with E-state index in [9.17, 15) is 13.2 Å². The predicted octanol–water partition coefficient (Wildman–Crippen LogP) is 2.88. The van der Waals surface area contributed by atoms with Crippen LogP contribution in [0.3, 0.4) is 0 Å². The van der Waals surface area contributed by atoms with Gasteiger partial charge in [-0.2, -0.15) is 28.1 Å². The molecule has 2 rings (SSSR count). The molecule has 20 heavy (non-hydrogen) atoms. The van der Waals surface area contributed by atoms with Crippen LogP contribution in [0.1, 0.15) is 25.7 Å². The minimum atomic E-state index is -4.21. The van der Waals surface area contributed by atoms with E-state index in [1.54, 1.807) is 0 Å². The van der Waals surface area contributed by atoms with Crippen molar-refractivity contribution in [1.82, 2.24) is 15.0 Å². The number of hydrogen-bond donors (Lipinski definition) is 1. The van der Waals surface area contributed by atoms with Crippen molar-refractivity contribution in [3.63, 3.8) is 0 Å². The molecule has 0 radical (unpaired) electrons. The van der Waals surface area contributed by atoms with E-state index < -0.39 is 12.6 Å². The molecule has 0 spiro atoms. The van der Waals surface area contributed by atoms with Gasteiger partial charge in [0.1, 0.15) is 0 Å². The van der Waals surface area contributed by atoms with Gasteiger partial charge in [-0.25, -0.2) is 0 Å². The van der Waals surface area contributed by atoms with Crippen molar-refractivity contribution in [2.45, 2.75) is 31.9 Å². The fraction of sp³-hybridized carbons (Fsp3) is 0.727. The molecule has 2 heterocycles. The lowest BCUT2D eigenvalue weighted by Gasteiger charge is -2.26. The molecule has 0 aromatic carbocycles. The van der Waals surface area contributed by atoms with Crippen molar-refractivity contribution in [2.24, 2.45) is 0 Å². The molecule has 1 aliphatic rings. The summed E-state index contributed by atoms with van der Waals surface area (Å²) in [6, 6.07) is 0. The Morgan fingerprint density at radius 1 is 1.10 bits per heavy atom. The maximum atomic E-state index is 12.1. The van der Waals surface area contributed by atoms with Gasteiger partial charge in [-0.1, -0.05) is 0 Å². The summed E-state index contributed by atoms with van der Waals surface area (Å²) in [7, 11) is 0. The highest BCUT2D eigenvalue weighted by Crippen LogP contribution is 2.21. The van der Waals surface area contributed by atoms with Crippen molar-refractivity contribution < 1.29 is 13.2 Å². The Morgan fingerprint density at radius 2 is 1.80 bits per heavy atom. The molecule has 1 saturated heterocycles. The number of aromatic nitrogens is 3. The van der Waals surface area contributed by atoms with Gasteiger partial charge in [0, 0.05) is 19.6 Å². The predicted molar refractivity (Wildman–Crippen MR) is 70.1 cm³/mol. The first-order chi connectivity index (χ1) is 9.44. The van der Waals surface area contributed by atoms with Crippen molar-refractivity contribution in [1.29, 1.82) is 0 Å². The van der Waals surface area contributed by atoms with E-state index in [0.717, 1.165) is 32.4 Å². The number of rotatable bonds is 4. The van der Waals surface area contributed by atoms with Gasteiger partial charge < -0.3 is 10.2 Å². The number of halogens is 4. The summed E-state index contributed by atoms with van der Waals surface area (Å²) in [6.07, 6.45) is -1.92. The van der Waals surface area contributed by atoms with Gasteiger partial charge in [0.2, 0.25) is 17.2 Å². The zero-order chi connectivity index (χ0) is 14.6. The van der Waals surface area contributed by atoms with Crippen molar-refractivity contribution in [3.8, 4) is 0 Å². The molecule has 0 bridgehead atoms. The average Bonchev–Trinajstić information content (AvgIpc) is 2.37. The lowest BCUT2D eigenvalue weighted by molar-refractivity contribution is -0.131. The highest BCUT2D eigenvalue weighted by molar-refractivity contribution is 6.28. The summed E-state index contributed by atoms with van der Waals surface area (Å²) in [5, 5.41) is 2.51. The summed E-state index contributed by atoms with van der Waals surface area (Å²) in [5.74, 6) is 0.494. The summed E-state index contributed by atoms with van der Waals surface area (Å²) in [5.41, 5.74) is 0. The van der Waals surface area contributed by atoms with E-state index >= 15 is 0 Å². The van der Waals surface area contributed by atoms with Crippen LogP contribution in [0.5, 0.6) is 0 Å². The molecule has 0 saturated carbocycles. The molecule has 1 aliphatic heterocycles. The minimum absolute atomic E-state index is 0.0184. The van der Waals surface area contributed by atoms with Crippen LogP contribution in [0.2, 0.25) is 5.28 Å². The fourth-order valence-corrected chi connectivity index (χ4v) is 2.13. The largest absolute Gasteiger partial charge is 0.390 e. The molecule has 112 valence electrons. The third-order valence-electron chi connectivity index (χ3n) is 2.93. The lowest BCUT2D eigenvalue weighted by Crippen LogP contribution is -2.31. The highest BCUT2D eigenvalue weighted by Gasteiger charge is 2.26. The molecule has 1 fully saturated rings. The molecule has 0 amide bonds. The van der Waals surface area contributed by atoms with Crippen molar-refractivity contribution in [2.75, 3.05) is 29.9 Å². The quantitative estimate of drug-likeness (QED) is 0.927. The summed E-state index contributed by atoms with van der Waals surface area (Å²) >= 11 is 5.79. The Morgan fingerprint density at radius 3 is 2.45 bits per heavy atom. The molecule has 5 nitrogen and oxygen atoms in total. The molecule has 9 heteroatoms. The maximum absolute atomic E-state index is 12.1. The van der Waals surface area contributed by atoms with Crippen LogP contribution in [0, 0.1) is 0 Å². The lowest BCUT2D eigenvalue weighted by atomic mass is 10.1. The van der Waals surface area contributed by atoms with Gasteiger partial charge in [0.25, 0.3) is 0 Å². The maximum Gasteiger partial charge on any atom is 0.390 e. The van der Waals surface area contributed by atoms with Crippen molar-refractivity contribution >= 4 is 23.5 Å². The first-order valence-corrected chi connectivity index (χ1v) is 6.79. The zero-order valence-corrected chi connectivity index (χ0v) is 11.5. The van der Waals surface area contributed by atoms with Crippen LogP contribution in [0.15, 0.2) is 0 Å². The standard InChI is InChI=1S/C11H15ClF3N5/c12-8-17-9(16-5-4-11(13,14)15)19-10(18-8)20-6-2-1-3-7-20/h1-7H2,(H,16,17,18,19). The number of nitrogens with zero attached hydrogens (tertiary/aromatic N) is 4. The highest BCUT2D eigenvalue weighted by atomic mass is 35.5. The van der Waals surface area contributed by atoms with Gasteiger partial charge in [-0.3, -0.25) is 0 Å². The SMILES string of the molecule is FC(F)(F)CCNc1nc(Cl)nc(N2CCCCC2)n1. The van der Waals surface area contributed by atoms with Crippen LogP contribution in [-0.4, -0.2) is 40.8 Å². The number of nitrogens with one attached hydrogen (secondary N) is 1. The van der Waals surface area contributed by atoms with E-state index in [4.69, 9.17) is 11.6 Å².